The molecule has 0 aliphatic heterocycles. The van der Waals surface area contributed by atoms with Gasteiger partial charge in [0.25, 0.3) is 0 Å². The van der Waals surface area contributed by atoms with E-state index < -0.39 is 0 Å². The van der Waals surface area contributed by atoms with Crippen LogP contribution in [-0.2, 0) is 0 Å². The van der Waals surface area contributed by atoms with Gasteiger partial charge in [-0.05, 0) is 53.8 Å². The Hall–Kier alpha value is -2.41. The maximum absolute atomic E-state index is 14.1. The third-order valence-electron chi connectivity index (χ3n) is 3.89. The normalized spacial score (nSPS) is 10.6. The standard InChI is InChI=1S/C20H17F/c1-14-8-9-17(12-15(14)2)18-10-11-20(21)19(13-18)16-6-4-3-5-7-16/h3-13H,1-2H3. The predicted octanol–water partition coefficient (Wildman–Crippen LogP) is 5.78. The first-order valence-electron chi connectivity index (χ1n) is 7.08. The van der Waals surface area contributed by atoms with Gasteiger partial charge < -0.3 is 0 Å². The van der Waals surface area contributed by atoms with E-state index in [1.807, 2.05) is 42.5 Å². The van der Waals surface area contributed by atoms with Gasteiger partial charge in [0, 0.05) is 5.56 Å². The summed E-state index contributed by atoms with van der Waals surface area (Å²) >= 11 is 0. The van der Waals surface area contributed by atoms with Gasteiger partial charge >= 0.3 is 0 Å². The van der Waals surface area contributed by atoms with Gasteiger partial charge in [-0.3, -0.25) is 0 Å². The number of aryl methyl sites for hydroxylation is 2. The lowest BCUT2D eigenvalue weighted by Crippen LogP contribution is -1.88. The molecule has 0 aromatic heterocycles. The van der Waals surface area contributed by atoms with Crippen molar-refractivity contribution >= 4 is 0 Å². The zero-order chi connectivity index (χ0) is 14.8. The van der Waals surface area contributed by atoms with Crippen LogP contribution in [0.3, 0.4) is 0 Å². The number of halogens is 1. The summed E-state index contributed by atoms with van der Waals surface area (Å²) in [4.78, 5) is 0. The molecule has 21 heavy (non-hydrogen) atoms. The predicted molar refractivity (Wildman–Crippen MR) is 86.7 cm³/mol. The molecule has 0 heterocycles. The van der Waals surface area contributed by atoms with Crippen molar-refractivity contribution in [3.05, 3.63) is 83.7 Å². The number of benzene rings is 3. The summed E-state index contributed by atoms with van der Waals surface area (Å²) < 4.78 is 14.1. The average Bonchev–Trinajstić information content (AvgIpc) is 2.51. The van der Waals surface area contributed by atoms with Gasteiger partial charge in [0.2, 0.25) is 0 Å². The Bertz CT molecular complexity index is 773. The first-order valence-corrected chi connectivity index (χ1v) is 7.08. The Labute approximate surface area is 124 Å². The molecular formula is C20H17F. The molecule has 0 aliphatic rings. The van der Waals surface area contributed by atoms with E-state index in [1.165, 1.54) is 11.1 Å². The first kappa shape index (κ1) is 13.6. The molecule has 3 aromatic rings. The zero-order valence-electron chi connectivity index (χ0n) is 12.2. The summed E-state index contributed by atoms with van der Waals surface area (Å²) in [5, 5.41) is 0. The van der Waals surface area contributed by atoms with E-state index >= 15 is 0 Å². The van der Waals surface area contributed by atoms with Crippen molar-refractivity contribution in [2.45, 2.75) is 13.8 Å². The second-order valence-electron chi connectivity index (χ2n) is 5.36. The Balaban J connectivity index is 2.11. The average molecular weight is 276 g/mol. The van der Waals surface area contributed by atoms with Crippen molar-refractivity contribution in [2.24, 2.45) is 0 Å². The fourth-order valence-corrected chi connectivity index (χ4v) is 2.46. The van der Waals surface area contributed by atoms with Crippen LogP contribution < -0.4 is 0 Å². The van der Waals surface area contributed by atoms with E-state index in [1.54, 1.807) is 6.07 Å². The van der Waals surface area contributed by atoms with Gasteiger partial charge in [-0.1, -0.05) is 54.6 Å². The molecule has 0 fully saturated rings. The first-order chi connectivity index (χ1) is 10.1. The molecule has 0 nitrogen and oxygen atoms in total. The minimum absolute atomic E-state index is 0.186. The largest absolute Gasteiger partial charge is 0.206 e. The molecule has 1 heteroatoms. The number of hydrogen-bond donors (Lipinski definition) is 0. The van der Waals surface area contributed by atoms with Crippen molar-refractivity contribution < 1.29 is 4.39 Å². The van der Waals surface area contributed by atoms with Crippen LogP contribution in [-0.4, -0.2) is 0 Å². The van der Waals surface area contributed by atoms with Crippen LogP contribution >= 0.6 is 0 Å². The topological polar surface area (TPSA) is 0 Å². The highest BCUT2D eigenvalue weighted by Crippen LogP contribution is 2.29. The van der Waals surface area contributed by atoms with Crippen molar-refractivity contribution in [2.75, 3.05) is 0 Å². The molecule has 0 unspecified atom stereocenters. The van der Waals surface area contributed by atoms with E-state index in [0.717, 1.165) is 16.7 Å². The van der Waals surface area contributed by atoms with Crippen LogP contribution in [0, 0.1) is 19.7 Å². The fraction of sp³-hybridized carbons (Fsp3) is 0.100. The van der Waals surface area contributed by atoms with Crippen LogP contribution in [0.5, 0.6) is 0 Å². The molecule has 0 spiro atoms. The minimum atomic E-state index is -0.186. The summed E-state index contributed by atoms with van der Waals surface area (Å²) in [7, 11) is 0. The van der Waals surface area contributed by atoms with E-state index in [-0.39, 0.29) is 5.82 Å². The van der Waals surface area contributed by atoms with Gasteiger partial charge in [0.15, 0.2) is 0 Å². The Morgan fingerprint density at radius 1 is 0.619 bits per heavy atom. The summed E-state index contributed by atoms with van der Waals surface area (Å²) in [6.45, 7) is 4.19. The summed E-state index contributed by atoms with van der Waals surface area (Å²) in [6, 6.07) is 21.3. The molecule has 0 saturated heterocycles. The molecule has 3 rings (SSSR count). The highest BCUT2D eigenvalue weighted by atomic mass is 19.1. The van der Waals surface area contributed by atoms with Crippen LogP contribution in [0.4, 0.5) is 4.39 Å². The second kappa shape index (κ2) is 5.53. The summed E-state index contributed by atoms with van der Waals surface area (Å²) in [6.07, 6.45) is 0. The maximum Gasteiger partial charge on any atom is 0.131 e. The van der Waals surface area contributed by atoms with Gasteiger partial charge in [-0.25, -0.2) is 4.39 Å². The third kappa shape index (κ3) is 2.73. The van der Waals surface area contributed by atoms with Crippen molar-refractivity contribution in [3.8, 4) is 22.3 Å². The highest BCUT2D eigenvalue weighted by Gasteiger charge is 2.07. The van der Waals surface area contributed by atoms with Crippen molar-refractivity contribution in [3.63, 3.8) is 0 Å². The molecule has 0 amide bonds. The molecule has 0 bridgehead atoms. The SMILES string of the molecule is Cc1ccc(-c2ccc(F)c(-c3ccccc3)c2)cc1C. The molecule has 0 N–H and O–H groups in total. The zero-order valence-corrected chi connectivity index (χ0v) is 12.2. The lowest BCUT2D eigenvalue weighted by Gasteiger charge is -2.09. The Morgan fingerprint density at radius 3 is 2.00 bits per heavy atom. The third-order valence-corrected chi connectivity index (χ3v) is 3.89. The van der Waals surface area contributed by atoms with E-state index in [0.29, 0.717) is 5.56 Å². The maximum atomic E-state index is 14.1. The van der Waals surface area contributed by atoms with Crippen molar-refractivity contribution in [1.82, 2.24) is 0 Å². The molecule has 0 atom stereocenters. The van der Waals surface area contributed by atoms with Gasteiger partial charge in [0.05, 0.1) is 0 Å². The molecular weight excluding hydrogens is 259 g/mol. The van der Waals surface area contributed by atoms with Crippen molar-refractivity contribution in [1.29, 1.82) is 0 Å². The van der Waals surface area contributed by atoms with Gasteiger partial charge in [-0.15, -0.1) is 0 Å². The number of hydrogen-bond acceptors (Lipinski definition) is 0. The quantitative estimate of drug-likeness (QED) is 0.557. The minimum Gasteiger partial charge on any atom is -0.206 e. The second-order valence-corrected chi connectivity index (χ2v) is 5.36. The van der Waals surface area contributed by atoms with Crippen LogP contribution in [0.2, 0.25) is 0 Å². The number of rotatable bonds is 2. The van der Waals surface area contributed by atoms with Gasteiger partial charge in [0.1, 0.15) is 5.82 Å². The molecule has 3 aromatic carbocycles. The smallest absolute Gasteiger partial charge is 0.131 e. The molecule has 104 valence electrons. The molecule has 0 aliphatic carbocycles. The van der Waals surface area contributed by atoms with E-state index in [4.69, 9.17) is 0 Å². The highest BCUT2D eigenvalue weighted by molar-refractivity contribution is 5.74. The summed E-state index contributed by atoms with van der Waals surface area (Å²) in [5.41, 5.74) is 6.22. The van der Waals surface area contributed by atoms with E-state index in [2.05, 4.69) is 32.0 Å². The Kier molecular flexibility index (Phi) is 3.57. The monoisotopic (exact) mass is 276 g/mol. The lowest BCUT2D eigenvalue weighted by atomic mass is 9.96. The molecule has 0 saturated carbocycles. The van der Waals surface area contributed by atoms with E-state index in [9.17, 15) is 4.39 Å². The molecule has 0 radical (unpaired) electrons. The van der Waals surface area contributed by atoms with Crippen LogP contribution in [0.15, 0.2) is 66.7 Å². The van der Waals surface area contributed by atoms with Crippen LogP contribution in [0.25, 0.3) is 22.3 Å². The Morgan fingerprint density at radius 2 is 1.29 bits per heavy atom. The lowest BCUT2D eigenvalue weighted by molar-refractivity contribution is 0.631. The van der Waals surface area contributed by atoms with Gasteiger partial charge in [-0.2, -0.15) is 0 Å². The summed E-state index contributed by atoms with van der Waals surface area (Å²) in [5.74, 6) is -0.186. The van der Waals surface area contributed by atoms with Crippen LogP contribution in [0.1, 0.15) is 11.1 Å². The fourth-order valence-electron chi connectivity index (χ4n) is 2.46.